The molecule has 0 fully saturated rings. The Morgan fingerprint density at radius 3 is 2.60 bits per heavy atom. The van der Waals surface area contributed by atoms with Crippen molar-refractivity contribution in [2.75, 3.05) is 6.54 Å². The van der Waals surface area contributed by atoms with Crippen molar-refractivity contribution in [1.29, 1.82) is 0 Å². The predicted molar refractivity (Wildman–Crippen MR) is 78.6 cm³/mol. The summed E-state index contributed by atoms with van der Waals surface area (Å²) in [6, 6.07) is 9.83. The molecule has 0 saturated carbocycles. The number of aliphatic carboxylic acids is 1. The van der Waals surface area contributed by atoms with Crippen LogP contribution in [0.3, 0.4) is 0 Å². The number of fused-ring (bicyclic) bond motifs is 1. The minimum atomic E-state index is -0.736. The molecule has 1 heterocycles. The molecule has 2 N–H and O–H groups in total. The predicted octanol–water partition coefficient (Wildman–Crippen LogP) is 3.41. The number of hydrogen-bond donors (Lipinski definition) is 2. The van der Waals surface area contributed by atoms with Crippen LogP contribution in [0.5, 0.6) is 0 Å². The number of rotatable bonds is 7. The Labute approximate surface area is 118 Å². The van der Waals surface area contributed by atoms with Crippen LogP contribution in [-0.4, -0.2) is 17.6 Å². The molecule has 2 aromatic rings. The second-order valence-corrected chi connectivity index (χ2v) is 5.15. The molecule has 0 amide bonds. The molecule has 4 nitrogen and oxygen atoms in total. The minimum Gasteiger partial charge on any atom is -0.481 e. The van der Waals surface area contributed by atoms with Gasteiger partial charge in [-0.3, -0.25) is 4.79 Å². The summed E-state index contributed by atoms with van der Waals surface area (Å²) in [6.07, 6.45) is 1.23. The Morgan fingerprint density at radius 2 is 2.00 bits per heavy atom. The Morgan fingerprint density at radius 1 is 1.30 bits per heavy atom. The highest BCUT2D eigenvalue weighted by molar-refractivity contribution is 5.77. The Kier molecular flexibility index (Phi) is 4.45. The highest BCUT2D eigenvalue weighted by Crippen LogP contribution is 2.26. The van der Waals surface area contributed by atoms with Gasteiger partial charge in [0.25, 0.3) is 0 Å². The number of carboxylic acid groups (broad SMARTS) is 1. The molecule has 0 bridgehead atoms. The largest absolute Gasteiger partial charge is 0.481 e. The average molecular weight is 275 g/mol. The van der Waals surface area contributed by atoms with Crippen molar-refractivity contribution in [1.82, 2.24) is 5.32 Å². The minimum absolute atomic E-state index is 0.451. The zero-order chi connectivity index (χ0) is 14.6. The lowest BCUT2D eigenvalue weighted by molar-refractivity contribution is -0.149. The smallest absolute Gasteiger partial charge is 0.310 e. The third kappa shape index (κ3) is 2.85. The van der Waals surface area contributed by atoms with Crippen LogP contribution >= 0.6 is 0 Å². The topological polar surface area (TPSA) is 62.5 Å². The SMILES string of the molecule is CCC(CC)(CNCc1cc2ccccc2o1)C(=O)O. The molecule has 0 unspecified atom stereocenters. The number of benzene rings is 1. The summed E-state index contributed by atoms with van der Waals surface area (Å²) in [7, 11) is 0. The van der Waals surface area contributed by atoms with Crippen LogP contribution in [-0.2, 0) is 11.3 Å². The molecule has 0 saturated heterocycles. The Balaban J connectivity index is 1.99. The maximum Gasteiger partial charge on any atom is 0.310 e. The Hall–Kier alpha value is -1.81. The van der Waals surface area contributed by atoms with Gasteiger partial charge in [0.05, 0.1) is 12.0 Å². The van der Waals surface area contributed by atoms with Crippen molar-refractivity contribution in [2.45, 2.75) is 33.2 Å². The molecule has 0 aliphatic heterocycles. The zero-order valence-corrected chi connectivity index (χ0v) is 12.0. The fourth-order valence-electron chi connectivity index (χ4n) is 2.43. The van der Waals surface area contributed by atoms with Crippen molar-refractivity contribution in [3.63, 3.8) is 0 Å². The van der Waals surface area contributed by atoms with Crippen molar-refractivity contribution >= 4 is 16.9 Å². The molecule has 20 heavy (non-hydrogen) atoms. The van der Waals surface area contributed by atoms with Crippen LogP contribution in [0.4, 0.5) is 0 Å². The van der Waals surface area contributed by atoms with Crippen LogP contribution < -0.4 is 5.32 Å². The monoisotopic (exact) mass is 275 g/mol. The van der Waals surface area contributed by atoms with E-state index in [2.05, 4.69) is 5.32 Å². The first kappa shape index (κ1) is 14.6. The lowest BCUT2D eigenvalue weighted by atomic mass is 9.82. The molecular formula is C16H21NO3. The van der Waals surface area contributed by atoms with Crippen molar-refractivity contribution in [3.05, 3.63) is 36.1 Å². The zero-order valence-electron chi connectivity index (χ0n) is 12.0. The highest BCUT2D eigenvalue weighted by atomic mass is 16.4. The molecule has 0 atom stereocenters. The molecule has 108 valence electrons. The van der Waals surface area contributed by atoms with Gasteiger partial charge >= 0.3 is 5.97 Å². The molecule has 2 rings (SSSR count). The molecule has 0 aliphatic carbocycles. The van der Waals surface area contributed by atoms with E-state index in [9.17, 15) is 9.90 Å². The fraction of sp³-hybridized carbons (Fsp3) is 0.438. The van der Waals surface area contributed by atoms with Crippen LogP contribution in [0.25, 0.3) is 11.0 Å². The van der Waals surface area contributed by atoms with E-state index >= 15 is 0 Å². The van der Waals surface area contributed by atoms with E-state index in [-0.39, 0.29) is 0 Å². The van der Waals surface area contributed by atoms with E-state index in [1.165, 1.54) is 0 Å². The molecular weight excluding hydrogens is 254 g/mol. The van der Waals surface area contributed by atoms with Crippen LogP contribution in [0.15, 0.2) is 34.7 Å². The van der Waals surface area contributed by atoms with Gasteiger partial charge in [-0.05, 0) is 25.0 Å². The first-order chi connectivity index (χ1) is 9.61. The Bertz CT molecular complexity index is 551. The van der Waals surface area contributed by atoms with Crippen LogP contribution in [0, 0.1) is 5.41 Å². The van der Waals surface area contributed by atoms with Crippen molar-refractivity contribution in [2.24, 2.45) is 5.41 Å². The van der Waals surface area contributed by atoms with E-state index in [1.54, 1.807) is 0 Å². The number of hydrogen-bond acceptors (Lipinski definition) is 3. The number of furan rings is 1. The summed E-state index contributed by atoms with van der Waals surface area (Å²) < 4.78 is 5.70. The normalized spacial score (nSPS) is 11.9. The second kappa shape index (κ2) is 6.09. The van der Waals surface area contributed by atoms with Gasteiger partial charge in [0.2, 0.25) is 0 Å². The van der Waals surface area contributed by atoms with Crippen LogP contribution in [0.1, 0.15) is 32.4 Å². The number of carboxylic acids is 1. The summed E-state index contributed by atoms with van der Waals surface area (Å²) in [5, 5.41) is 13.7. The summed E-state index contributed by atoms with van der Waals surface area (Å²) in [5.41, 5.74) is 0.172. The van der Waals surface area contributed by atoms with E-state index < -0.39 is 11.4 Å². The van der Waals surface area contributed by atoms with Crippen molar-refractivity contribution in [3.8, 4) is 0 Å². The third-order valence-electron chi connectivity index (χ3n) is 4.05. The van der Waals surface area contributed by atoms with E-state index in [4.69, 9.17) is 4.42 Å². The van der Waals surface area contributed by atoms with Gasteiger partial charge in [-0.15, -0.1) is 0 Å². The molecule has 0 spiro atoms. The second-order valence-electron chi connectivity index (χ2n) is 5.15. The summed E-state index contributed by atoms with van der Waals surface area (Å²) in [5.74, 6) is 0.0947. The van der Waals surface area contributed by atoms with E-state index in [0.29, 0.717) is 25.9 Å². The molecule has 4 heteroatoms. The number of nitrogens with one attached hydrogen (secondary N) is 1. The lowest BCUT2D eigenvalue weighted by Crippen LogP contribution is -2.39. The maximum absolute atomic E-state index is 11.4. The summed E-state index contributed by atoms with van der Waals surface area (Å²) in [4.78, 5) is 11.4. The van der Waals surface area contributed by atoms with Gasteiger partial charge in [-0.2, -0.15) is 0 Å². The third-order valence-corrected chi connectivity index (χ3v) is 4.05. The summed E-state index contributed by atoms with van der Waals surface area (Å²) in [6.45, 7) is 4.83. The molecule has 0 radical (unpaired) electrons. The molecule has 1 aromatic heterocycles. The lowest BCUT2D eigenvalue weighted by Gasteiger charge is -2.26. The summed E-state index contributed by atoms with van der Waals surface area (Å²) >= 11 is 0. The molecule has 1 aromatic carbocycles. The average Bonchev–Trinajstić information content (AvgIpc) is 2.86. The molecule has 0 aliphatic rings. The van der Waals surface area contributed by atoms with Gasteiger partial charge in [-0.1, -0.05) is 32.0 Å². The van der Waals surface area contributed by atoms with Gasteiger partial charge in [0.1, 0.15) is 11.3 Å². The van der Waals surface area contributed by atoms with Gasteiger partial charge in [0.15, 0.2) is 0 Å². The standard InChI is InChI=1S/C16H21NO3/c1-3-16(4-2,15(18)19)11-17-10-13-9-12-7-5-6-8-14(12)20-13/h5-9,17H,3-4,10-11H2,1-2H3,(H,18,19). The highest BCUT2D eigenvalue weighted by Gasteiger charge is 2.34. The van der Waals surface area contributed by atoms with E-state index in [0.717, 1.165) is 16.7 Å². The first-order valence-electron chi connectivity index (χ1n) is 7.03. The number of para-hydroxylation sites is 1. The quantitative estimate of drug-likeness (QED) is 0.812. The van der Waals surface area contributed by atoms with Gasteiger partial charge in [0, 0.05) is 11.9 Å². The first-order valence-corrected chi connectivity index (χ1v) is 7.03. The van der Waals surface area contributed by atoms with Crippen LogP contribution in [0.2, 0.25) is 0 Å². The number of carbonyl (C=O) groups is 1. The maximum atomic E-state index is 11.4. The van der Waals surface area contributed by atoms with Crippen molar-refractivity contribution < 1.29 is 14.3 Å². The van der Waals surface area contributed by atoms with Gasteiger partial charge < -0.3 is 14.8 Å². The van der Waals surface area contributed by atoms with Gasteiger partial charge in [-0.25, -0.2) is 0 Å². The van der Waals surface area contributed by atoms with E-state index in [1.807, 2.05) is 44.2 Å². The fourth-order valence-corrected chi connectivity index (χ4v) is 2.43.